The summed E-state index contributed by atoms with van der Waals surface area (Å²) in [5.74, 6) is 0.224. The minimum Gasteiger partial charge on any atom is -0.489 e. The van der Waals surface area contributed by atoms with E-state index in [-0.39, 0.29) is 11.6 Å². The molecular formula is C16H16ClFO2. The maximum Gasteiger partial charge on any atom is 0.142 e. The Morgan fingerprint density at radius 3 is 2.50 bits per heavy atom. The second-order valence-electron chi connectivity index (χ2n) is 4.53. The molecule has 0 aliphatic rings. The lowest BCUT2D eigenvalue weighted by molar-refractivity contribution is 0.173. The Bertz CT molecular complexity index is 569. The molecular weight excluding hydrogens is 279 g/mol. The summed E-state index contributed by atoms with van der Waals surface area (Å²) in [5, 5.41) is 9.79. The SMILES string of the molecule is CC[C@H](O)c1ccc(OCc2ccc(Cl)c(F)c2)cc1. The number of ether oxygens (including phenoxy) is 1. The van der Waals surface area contributed by atoms with E-state index >= 15 is 0 Å². The van der Waals surface area contributed by atoms with E-state index in [0.717, 1.165) is 5.56 Å². The zero-order chi connectivity index (χ0) is 14.5. The number of halogens is 2. The molecule has 0 saturated heterocycles. The molecule has 0 amide bonds. The molecule has 0 radical (unpaired) electrons. The standard InChI is InChI=1S/C16H16ClFO2/c1-2-16(19)12-4-6-13(7-5-12)20-10-11-3-8-14(17)15(18)9-11/h3-9,16,19H,2,10H2,1H3/t16-/m0/s1. The fourth-order valence-corrected chi connectivity index (χ4v) is 1.94. The lowest BCUT2D eigenvalue weighted by Crippen LogP contribution is -1.98. The van der Waals surface area contributed by atoms with Gasteiger partial charge in [-0.2, -0.15) is 0 Å². The number of aliphatic hydroxyl groups excluding tert-OH is 1. The minimum atomic E-state index is -0.450. The molecule has 2 aromatic carbocycles. The first-order valence-electron chi connectivity index (χ1n) is 6.45. The van der Waals surface area contributed by atoms with Gasteiger partial charge in [0.1, 0.15) is 18.2 Å². The summed E-state index contributed by atoms with van der Waals surface area (Å²) in [4.78, 5) is 0. The number of rotatable bonds is 5. The van der Waals surface area contributed by atoms with Crippen molar-refractivity contribution in [3.05, 3.63) is 64.4 Å². The molecule has 0 aromatic heterocycles. The highest BCUT2D eigenvalue weighted by atomic mass is 35.5. The zero-order valence-electron chi connectivity index (χ0n) is 11.1. The van der Waals surface area contributed by atoms with Crippen molar-refractivity contribution >= 4 is 11.6 Å². The first-order valence-corrected chi connectivity index (χ1v) is 6.82. The summed E-state index contributed by atoms with van der Waals surface area (Å²) in [5.41, 5.74) is 1.57. The molecule has 1 atom stereocenters. The largest absolute Gasteiger partial charge is 0.489 e. The normalized spacial score (nSPS) is 12.2. The Kier molecular flexibility index (Phi) is 4.99. The molecule has 2 nitrogen and oxygen atoms in total. The van der Waals surface area contributed by atoms with Crippen molar-refractivity contribution in [2.75, 3.05) is 0 Å². The van der Waals surface area contributed by atoms with Crippen LogP contribution in [0.5, 0.6) is 5.75 Å². The van der Waals surface area contributed by atoms with E-state index < -0.39 is 11.9 Å². The molecule has 0 aliphatic carbocycles. The van der Waals surface area contributed by atoms with Crippen molar-refractivity contribution in [3.63, 3.8) is 0 Å². The van der Waals surface area contributed by atoms with Crippen molar-refractivity contribution in [1.29, 1.82) is 0 Å². The summed E-state index contributed by atoms with van der Waals surface area (Å²) in [6.45, 7) is 2.19. The predicted octanol–water partition coefficient (Wildman–Crippen LogP) is 4.50. The lowest BCUT2D eigenvalue weighted by atomic mass is 10.1. The zero-order valence-corrected chi connectivity index (χ0v) is 11.9. The summed E-state index contributed by atoms with van der Waals surface area (Å²) < 4.78 is 18.8. The van der Waals surface area contributed by atoms with Gasteiger partial charge in [0.25, 0.3) is 0 Å². The Morgan fingerprint density at radius 1 is 1.20 bits per heavy atom. The van der Waals surface area contributed by atoms with Crippen LogP contribution in [0.25, 0.3) is 0 Å². The van der Waals surface area contributed by atoms with E-state index in [4.69, 9.17) is 16.3 Å². The Morgan fingerprint density at radius 2 is 1.90 bits per heavy atom. The highest BCUT2D eigenvalue weighted by Gasteiger charge is 2.05. The molecule has 0 aliphatic heterocycles. The topological polar surface area (TPSA) is 29.5 Å². The Balaban J connectivity index is 1.98. The van der Waals surface area contributed by atoms with Crippen LogP contribution < -0.4 is 4.74 Å². The average molecular weight is 295 g/mol. The molecule has 0 unspecified atom stereocenters. The van der Waals surface area contributed by atoms with Gasteiger partial charge in [-0.3, -0.25) is 0 Å². The van der Waals surface area contributed by atoms with E-state index in [9.17, 15) is 9.50 Å². The van der Waals surface area contributed by atoms with Crippen LogP contribution in [0, 0.1) is 5.82 Å². The van der Waals surface area contributed by atoms with E-state index in [1.807, 2.05) is 19.1 Å². The molecule has 0 saturated carbocycles. The van der Waals surface area contributed by atoms with Gasteiger partial charge in [-0.05, 0) is 41.8 Å². The third kappa shape index (κ3) is 3.71. The first-order chi connectivity index (χ1) is 9.60. The molecule has 2 aromatic rings. The maximum absolute atomic E-state index is 13.3. The van der Waals surface area contributed by atoms with Crippen molar-refractivity contribution in [3.8, 4) is 5.75 Å². The third-order valence-electron chi connectivity index (χ3n) is 3.04. The van der Waals surface area contributed by atoms with Gasteiger partial charge in [-0.15, -0.1) is 0 Å². The van der Waals surface area contributed by atoms with Gasteiger partial charge >= 0.3 is 0 Å². The predicted molar refractivity (Wildman–Crippen MR) is 77.4 cm³/mol. The van der Waals surface area contributed by atoms with Crippen molar-refractivity contribution in [2.24, 2.45) is 0 Å². The molecule has 0 bridgehead atoms. The minimum absolute atomic E-state index is 0.103. The van der Waals surface area contributed by atoms with Crippen molar-refractivity contribution in [2.45, 2.75) is 26.1 Å². The van der Waals surface area contributed by atoms with Gasteiger partial charge in [0.05, 0.1) is 11.1 Å². The first kappa shape index (κ1) is 14.8. The summed E-state index contributed by atoms with van der Waals surface area (Å²) in [6.07, 6.45) is 0.221. The molecule has 0 fully saturated rings. The second-order valence-corrected chi connectivity index (χ2v) is 4.94. The van der Waals surface area contributed by atoms with Crippen LogP contribution in [0.15, 0.2) is 42.5 Å². The van der Waals surface area contributed by atoms with Gasteiger partial charge in [-0.25, -0.2) is 4.39 Å². The van der Waals surface area contributed by atoms with Crippen LogP contribution >= 0.6 is 11.6 Å². The molecule has 20 heavy (non-hydrogen) atoms. The molecule has 2 rings (SSSR count). The van der Waals surface area contributed by atoms with Crippen molar-refractivity contribution < 1.29 is 14.2 Å². The molecule has 0 heterocycles. The Labute approximate surface area is 122 Å². The highest BCUT2D eigenvalue weighted by Crippen LogP contribution is 2.21. The third-order valence-corrected chi connectivity index (χ3v) is 3.35. The van der Waals surface area contributed by atoms with Crippen LogP contribution in [-0.2, 0) is 6.61 Å². The van der Waals surface area contributed by atoms with E-state index in [0.29, 0.717) is 17.7 Å². The monoisotopic (exact) mass is 294 g/mol. The van der Waals surface area contributed by atoms with E-state index in [1.54, 1.807) is 18.2 Å². The van der Waals surface area contributed by atoms with Gasteiger partial charge in [0.2, 0.25) is 0 Å². The molecule has 0 spiro atoms. The fourth-order valence-electron chi connectivity index (χ4n) is 1.82. The van der Waals surface area contributed by atoms with Crippen LogP contribution in [0.3, 0.4) is 0 Å². The van der Waals surface area contributed by atoms with Crippen molar-refractivity contribution in [1.82, 2.24) is 0 Å². The summed E-state index contributed by atoms with van der Waals surface area (Å²) >= 11 is 5.62. The van der Waals surface area contributed by atoms with Crippen LogP contribution in [0.1, 0.15) is 30.6 Å². The number of aliphatic hydroxyl groups is 1. The fraction of sp³-hybridized carbons (Fsp3) is 0.250. The van der Waals surface area contributed by atoms with E-state index in [2.05, 4.69) is 0 Å². The molecule has 4 heteroatoms. The number of benzene rings is 2. The Hall–Kier alpha value is -1.58. The molecule has 106 valence electrons. The van der Waals surface area contributed by atoms with Gasteiger partial charge < -0.3 is 9.84 Å². The van der Waals surface area contributed by atoms with Gasteiger partial charge in [-0.1, -0.05) is 36.7 Å². The summed E-state index contributed by atoms with van der Waals surface area (Å²) in [6, 6.07) is 11.8. The number of hydrogen-bond acceptors (Lipinski definition) is 2. The lowest BCUT2D eigenvalue weighted by Gasteiger charge is -2.10. The second kappa shape index (κ2) is 6.73. The quantitative estimate of drug-likeness (QED) is 0.879. The number of hydrogen-bond donors (Lipinski definition) is 1. The van der Waals surface area contributed by atoms with Crippen LogP contribution in [0.4, 0.5) is 4.39 Å². The van der Waals surface area contributed by atoms with Gasteiger partial charge in [0, 0.05) is 0 Å². The van der Waals surface area contributed by atoms with Crippen LogP contribution in [0.2, 0.25) is 5.02 Å². The maximum atomic E-state index is 13.3. The highest BCUT2D eigenvalue weighted by molar-refractivity contribution is 6.30. The van der Waals surface area contributed by atoms with Gasteiger partial charge in [0.15, 0.2) is 0 Å². The van der Waals surface area contributed by atoms with Crippen LogP contribution in [-0.4, -0.2) is 5.11 Å². The smallest absolute Gasteiger partial charge is 0.142 e. The average Bonchev–Trinajstić information content (AvgIpc) is 2.48. The summed E-state index contributed by atoms with van der Waals surface area (Å²) in [7, 11) is 0. The molecule has 1 N–H and O–H groups in total. The van der Waals surface area contributed by atoms with E-state index in [1.165, 1.54) is 12.1 Å².